The minimum atomic E-state index is -0.919. The molecule has 0 heterocycles. The molecule has 5 aliphatic carbocycles. The van der Waals surface area contributed by atoms with Crippen LogP contribution in [0.2, 0.25) is 0 Å². The second kappa shape index (κ2) is 6.75. The Labute approximate surface area is 201 Å². The summed E-state index contributed by atoms with van der Waals surface area (Å²) in [6, 6.07) is 0. The molecular formula is C30H48O3. The number of aliphatic hydroxyl groups excluding tert-OH is 1. The van der Waals surface area contributed by atoms with Crippen LogP contribution in [0, 0.1) is 50.7 Å². The van der Waals surface area contributed by atoms with Crippen molar-refractivity contribution >= 4 is 5.78 Å². The second-order valence-electron chi connectivity index (χ2n) is 14.8. The van der Waals surface area contributed by atoms with Gasteiger partial charge in [0.1, 0.15) is 5.78 Å². The van der Waals surface area contributed by atoms with Crippen molar-refractivity contribution in [2.24, 2.45) is 50.7 Å². The summed E-state index contributed by atoms with van der Waals surface area (Å²) in [5.41, 5.74) is -0.0906. The summed E-state index contributed by atoms with van der Waals surface area (Å²) in [5.74, 6) is 1.12. The van der Waals surface area contributed by atoms with Crippen molar-refractivity contribution in [1.29, 1.82) is 0 Å². The van der Waals surface area contributed by atoms with E-state index in [0.29, 0.717) is 24.0 Å². The Kier molecular flexibility index (Phi) is 4.92. The van der Waals surface area contributed by atoms with Crippen LogP contribution in [0.25, 0.3) is 0 Å². The number of hydrogen-bond acceptors (Lipinski definition) is 3. The molecule has 0 aliphatic heterocycles. The molecule has 0 aromatic rings. The highest BCUT2D eigenvalue weighted by molar-refractivity contribution is 5.84. The first-order valence-electron chi connectivity index (χ1n) is 13.7. The summed E-state index contributed by atoms with van der Waals surface area (Å²) in [6.07, 6.45) is 8.45. The van der Waals surface area contributed by atoms with E-state index in [1.165, 1.54) is 0 Å². The number of fused-ring (bicyclic) bond motifs is 7. The van der Waals surface area contributed by atoms with Gasteiger partial charge in [-0.15, -0.1) is 0 Å². The summed E-state index contributed by atoms with van der Waals surface area (Å²) in [7, 11) is 0. The molecule has 0 spiro atoms. The summed E-state index contributed by atoms with van der Waals surface area (Å²) < 4.78 is 0. The molecule has 0 aromatic heterocycles. The van der Waals surface area contributed by atoms with Crippen LogP contribution in [0.1, 0.15) is 106 Å². The lowest BCUT2D eigenvalue weighted by Gasteiger charge is -2.72. The third kappa shape index (κ3) is 2.68. The highest BCUT2D eigenvalue weighted by Gasteiger charge is 2.74. The van der Waals surface area contributed by atoms with E-state index < -0.39 is 5.60 Å². The lowest BCUT2D eigenvalue weighted by atomic mass is 9.32. The van der Waals surface area contributed by atoms with Crippen LogP contribution in [-0.4, -0.2) is 27.7 Å². The number of carbonyl (C=O) groups excluding carboxylic acids is 1. The number of aliphatic hydroxyl groups is 2. The minimum Gasteiger partial charge on any atom is -0.393 e. The average Bonchev–Trinajstić information content (AvgIpc) is 3.00. The highest BCUT2D eigenvalue weighted by atomic mass is 16.3. The van der Waals surface area contributed by atoms with E-state index in [2.05, 4.69) is 48.1 Å². The molecule has 5 saturated carbocycles. The van der Waals surface area contributed by atoms with E-state index in [-0.39, 0.29) is 45.0 Å². The monoisotopic (exact) mass is 456 g/mol. The van der Waals surface area contributed by atoms with Crippen LogP contribution in [0.15, 0.2) is 12.2 Å². The fraction of sp³-hybridized carbons (Fsp3) is 0.900. The Morgan fingerprint density at radius 3 is 2.15 bits per heavy atom. The Balaban J connectivity index is 1.62. The maximum absolute atomic E-state index is 14.3. The predicted molar refractivity (Wildman–Crippen MR) is 132 cm³/mol. The summed E-state index contributed by atoms with van der Waals surface area (Å²) >= 11 is 0. The van der Waals surface area contributed by atoms with Gasteiger partial charge in [0.05, 0.1) is 11.7 Å². The van der Waals surface area contributed by atoms with Gasteiger partial charge in [-0.25, -0.2) is 0 Å². The van der Waals surface area contributed by atoms with Gasteiger partial charge < -0.3 is 10.2 Å². The first-order chi connectivity index (χ1) is 15.1. The molecule has 0 aromatic carbocycles. The summed E-state index contributed by atoms with van der Waals surface area (Å²) in [5, 5.41) is 22.8. The molecular weight excluding hydrogens is 408 g/mol. The van der Waals surface area contributed by atoms with Crippen molar-refractivity contribution in [2.45, 2.75) is 118 Å². The van der Waals surface area contributed by atoms with Gasteiger partial charge in [-0.3, -0.25) is 4.79 Å². The number of ketones is 1. The van der Waals surface area contributed by atoms with Crippen molar-refractivity contribution in [3.05, 3.63) is 12.2 Å². The molecule has 10 atom stereocenters. The molecule has 33 heavy (non-hydrogen) atoms. The predicted octanol–water partition coefficient (Wildman–Crippen LogP) is 6.32. The van der Waals surface area contributed by atoms with E-state index in [4.69, 9.17) is 0 Å². The van der Waals surface area contributed by atoms with Gasteiger partial charge in [-0.2, -0.15) is 0 Å². The molecule has 5 rings (SSSR count). The summed E-state index contributed by atoms with van der Waals surface area (Å²) in [4.78, 5) is 14.3. The quantitative estimate of drug-likeness (QED) is 0.454. The maximum atomic E-state index is 14.3. The third-order valence-corrected chi connectivity index (χ3v) is 13.4. The average molecular weight is 457 g/mol. The SMILES string of the molecule is C=C(C)[C@]1(O)CC[C@]2(C)CC[C@]3(C)[C@@H](C(=O)C[C@@H]4[C@@]5(C)CC[C@H](O)C(C)(C)[C@@H]5CC[C@]43C)[C@H]21. The number of rotatable bonds is 1. The van der Waals surface area contributed by atoms with Crippen molar-refractivity contribution in [1.82, 2.24) is 0 Å². The van der Waals surface area contributed by atoms with E-state index in [1.54, 1.807) is 0 Å². The largest absolute Gasteiger partial charge is 0.393 e. The van der Waals surface area contributed by atoms with E-state index in [1.807, 2.05) is 6.92 Å². The van der Waals surface area contributed by atoms with Crippen molar-refractivity contribution in [3.8, 4) is 0 Å². The minimum absolute atomic E-state index is 0.0123. The lowest BCUT2D eigenvalue weighted by molar-refractivity contribution is -0.244. The van der Waals surface area contributed by atoms with Gasteiger partial charge in [-0.05, 0) is 103 Å². The molecule has 3 nitrogen and oxygen atoms in total. The fourth-order valence-electron chi connectivity index (χ4n) is 11.1. The Morgan fingerprint density at radius 1 is 0.879 bits per heavy atom. The van der Waals surface area contributed by atoms with Gasteiger partial charge in [0.25, 0.3) is 0 Å². The van der Waals surface area contributed by atoms with E-state index in [0.717, 1.165) is 56.9 Å². The molecule has 0 saturated heterocycles. The van der Waals surface area contributed by atoms with Gasteiger partial charge in [0, 0.05) is 18.3 Å². The number of hydrogen-bond donors (Lipinski definition) is 2. The molecule has 5 aliphatic rings. The van der Waals surface area contributed by atoms with Crippen LogP contribution < -0.4 is 0 Å². The third-order valence-electron chi connectivity index (χ3n) is 13.4. The van der Waals surface area contributed by atoms with Crippen LogP contribution in [0.3, 0.4) is 0 Å². The first kappa shape index (κ1) is 24.0. The molecule has 2 N–H and O–H groups in total. The van der Waals surface area contributed by atoms with Gasteiger partial charge in [0.2, 0.25) is 0 Å². The molecule has 0 bridgehead atoms. The number of Topliss-reactive ketones (excluding diaryl/α,β-unsaturated/α-hetero) is 1. The van der Waals surface area contributed by atoms with Crippen molar-refractivity contribution < 1.29 is 15.0 Å². The Bertz CT molecular complexity index is 891. The van der Waals surface area contributed by atoms with Crippen LogP contribution in [-0.2, 0) is 4.79 Å². The zero-order valence-electron chi connectivity index (χ0n) is 22.3. The van der Waals surface area contributed by atoms with Crippen LogP contribution >= 0.6 is 0 Å². The van der Waals surface area contributed by atoms with Gasteiger partial charge >= 0.3 is 0 Å². The van der Waals surface area contributed by atoms with Gasteiger partial charge in [-0.1, -0.05) is 48.1 Å². The second-order valence-corrected chi connectivity index (χ2v) is 14.8. The molecule has 0 radical (unpaired) electrons. The topological polar surface area (TPSA) is 57.5 Å². The van der Waals surface area contributed by atoms with Crippen LogP contribution in [0.4, 0.5) is 0 Å². The Morgan fingerprint density at radius 2 is 1.52 bits per heavy atom. The lowest BCUT2D eigenvalue weighted by Crippen LogP contribution is -2.69. The van der Waals surface area contributed by atoms with E-state index in [9.17, 15) is 15.0 Å². The smallest absolute Gasteiger partial charge is 0.137 e. The molecule has 0 unspecified atom stereocenters. The van der Waals surface area contributed by atoms with Crippen molar-refractivity contribution in [2.75, 3.05) is 0 Å². The summed E-state index contributed by atoms with van der Waals surface area (Å²) in [6.45, 7) is 20.4. The molecule has 0 amide bonds. The van der Waals surface area contributed by atoms with E-state index >= 15 is 0 Å². The zero-order valence-corrected chi connectivity index (χ0v) is 22.3. The standard InChI is InChI=1S/C30H48O3/c1-18(2)30(33)16-14-26(5)13-15-29(8)23(24(26)30)19(31)17-21-27(6)11-10-22(32)25(3,4)20(27)9-12-28(21,29)7/h20-24,32-33H,1,9-17H2,2-8H3/t20-,21+,22-,23-,24+,26-,27-,28+,29+,30+/m0/s1. The molecule has 3 heteroatoms. The fourth-order valence-corrected chi connectivity index (χ4v) is 11.1. The normalized spacial score (nSPS) is 57.5. The highest BCUT2D eigenvalue weighted by Crippen LogP contribution is 2.77. The van der Waals surface area contributed by atoms with Crippen molar-refractivity contribution in [3.63, 3.8) is 0 Å². The molecule has 186 valence electrons. The number of carbonyl (C=O) groups is 1. The van der Waals surface area contributed by atoms with Crippen LogP contribution in [0.5, 0.6) is 0 Å². The first-order valence-corrected chi connectivity index (χ1v) is 13.7. The Hall–Kier alpha value is -0.670. The van der Waals surface area contributed by atoms with Gasteiger partial charge in [0.15, 0.2) is 0 Å². The molecule has 5 fully saturated rings. The maximum Gasteiger partial charge on any atom is 0.137 e. The zero-order chi connectivity index (χ0) is 24.4.